The zero-order chi connectivity index (χ0) is 16.7. The van der Waals surface area contributed by atoms with Crippen molar-refractivity contribution in [1.29, 1.82) is 0 Å². The van der Waals surface area contributed by atoms with Crippen molar-refractivity contribution in [3.8, 4) is 0 Å². The Bertz CT molecular complexity index is 418. The summed E-state index contributed by atoms with van der Waals surface area (Å²) in [7, 11) is 2.22. The zero-order valence-electron chi connectivity index (χ0n) is 15.1. The minimum absolute atomic E-state index is 0.147. The van der Waals surface area contributed by atoms with Crippen LogP contribution in [0.25, 0.3) is 0 Å². The van der Waals surface area contributed by atoms with E-state index in [1.807, 2.05) is 39.8 Å². The van der Waals surface area contributed by atoms with Gasteiger partial charge in [0.1, 0.15) is 5.82 Å². The maximum absolute atomic E-state index is 12.9. The number of likely N-dealkylation sites (tertiary alicyclic amines) is 2. The first-order valence-electron chi connectivity index (χ1n) is 8.80. The number of fused-ring (bicyclic) bond motifs is 1. The van der Waals surface area contributed by atoms with E-state index >= 15 is 0 Å². The van der Waals surface area contributed by atoms with E-state index in [1.165, 1.54) is 25.2 Å². The van der Waals surface area contributed by atoms with Gasteiger partial charge in [-0.25, -0.2) is 4.39 Å². The number of rotatable bonds is 2. The molecule has 0 N–H and O–H groups in total. The molecule has 126 valence electrons. The average molecular weight is 308 g/mol. The van der Waals surface area contributed by atoms with Crippen LogP contribution in [0.15, 0.2) is 24.3 Å². The monoisotopic (exact) mass is 308 g/mol. The molecule has 2 heterocycles. The molecule has 1 aromatic carbocycles. The van der Waals surface area contributed by atoms with Gasteiger partial charge in [-0.05, 0) is 43.5 Å². The molecule has 2 aliphatic heterocycles. The molecule has 0 saturated carbocycles. The summed E-state index contributed by atoms with van der Waals surface area (Å²) in [5.74, 6) is 1.49. The lowest BCUT2D eigenvalue weighted by Gasteiger charge is -2.25. The van der Waals surface area contributed by atoms with E-state index in [4.69, 9.17) is 0 Å². The van der Waals surface area contributed by atoms with Crippen LogP contribution in [0.1, 0.15) is 40.2 Å². The van der Waals surface area contributed by atoms with Crippen molar-refractivity contribution in [1.82, 2.24) is 9.80 Å². The van der Waals surface area contributed by atoms with Gasteiger partial charge < -0.3 is 4.90 Å². The lowest BCUT2D eigenvalue weighted by Crippen LogP contribution is -2.33. The van der Waals surface area contributed by atoms with Gasteiger partial charge in [0, 0.05) is 32.2 Å². The molecule has 1 aromatic rings. The van der Waals surface area contributed by atoms with E-state index in [1.54, 1.807) is 12.1 Å². The molecule has 0 bridgehead atoms. The van der Waals surface area contributed by atoms with Gasteiger partial charge in [-0.2, -0.15) is 0 Å². The van der Waals surface area contributed by atoms with Crippen LogP contribution in [0.4, 0.5) is 4.39 Å². The van der Waals surface area contributed by atoms with Gasteiger partial charge >= 0.3 is 0 Å². The highest BCUT2D eigenvalue weighted by Gasteiger charge is 2.43. The summed E-state index contributed by atoms with van der Waals surface area (Å²) >= 11 is 0. The van der Waals surface area contributed by atoms with Crippen LogP contribution in [0.2, 0.25) is 0 Å². The minimum atomic E-state index is -0.147. The normalized spacial score (nSPS) is 27.5. The quantitative estimate of drug-likeness (QED) is 0.805. The van der Waals surface area contributed by atoms with E-state index in [0.717, 1.165) is 18.4 Å². The Morgan fingerprint density at radius 3 is 2.14 bits per heavy atom. The highest BCUT2D eigenvalue weighted by atomic mass is 19.1. The van der Waals surface area contributed by atoms with Crippen LogP contribution in [0, 0.1) is 17.7 Å². The maximum atomic E-state index is 12.9. The summed E-state index contributed by atoms with van der Waals surface area (Å²) < 4.78 is 12.9. The molecule has 0 amide bonds. The fourth-order valence-corrected chi connectivity index (χ4v) is 3.63. The summed E-state index contributed by atoms with van der Waals surface area (Å²) in [5.41, 5.74) is 1.22. The van der Waals surface area contributed by atoms with Crippen LogP contribution < -0.4 is 0 Å². The molecule has 3 rings (SSSR count). The molecule has 2 aliphatic rings. The van der Waals surface area contributed by atoms with Crippen LogP contribution in [0.5, 0.6) is 0 Å². The summed E-state index contributed by atoms with van der Waals surface area (Å²) in [4.78, 5) is 5.00. The third kappa shape index (κ3) is 4.53. The molecule has 0 spiro atoms. The van der Waals surface area contributed by atoms with Crippen LogP contribution in [-0.2, 0) is 6.54 Å². The van der Waals surface area contributed by atoms with Gasteiger partial charge in [0.25, 0.3) is 0 Å². The molecule has 0 aliphatic carbocycles. The van der Waals surface area contributed by atoms with Crippen LogP contribution in [-0.4, -0.2) is 42.5 Å². The molecule has 3 heteroatoms. The molecule has 2 nitrogen and oxygen atoms in total. The zero-order valence-corrected chi connectivity index (χ0v) is 15.1. The number of nitrogens with zero attached hydrogens (tertiary/aromatic N) is 2. The maximum Gasteiger partial charge on any atom is 0.123 e. The fraction of sp³-hybridized carbons (Fsp3) is 0.684. The van der Waals surface area contributed by atoms with Crippen molar-refractivity contribution >= 4 is 0 Å². The topological polar surface area (TPSA) is 6.48 Å². The Kier molecular flexibility index (Phi) is 8.05. The summed E-state index contributed by atoms with van der Waals surface area (Å²) in [6, 6.07) is 7.57. The summed E-state index contributed by atoms with van der Waals surface area (Å²) in [6.45, 7) is 14.9. The summed E-state index contributed by atoms with van der Waals surface area (Å²) in [6.07, 6.45) is 0. The van der Waals surface area contributed by atoms with E-state index in [9.17, 15) is 4.39 Å². The Hall–Kier alpha value is -0.930. The standard InChI is InChI=1S/C15H21FN2.2C2H6/c1-11-15-10-17(2)8-13(15)9-18(11)7-12-3-5-14(16)6-4-12;2*1-2/h3-6,11,13,15H,7-10H2,1-2H3;2*1-2H3. The van der Waals surface area contributed by atoms with E-state index in [-0.39, 0.29) is 5.82 Å². The molecule has 22 heavy (non-hydrogen) atoms. The SMILES string of the molecule is CC.CC.CC1C2CN(C)CC2CN1Cc1ccc(F)cc1. The predicted octanol–water partition coefficient (Wildman–Crippen LogP) is 4.26. The van der Waals surface area contributed by atoms with Gasteiger partial charge in [0.15, 0.2) is 0 Å². The Morgan fingerprint density at radius 2 is 1.59 bits per heavy atom. The van der Waals surface area contributed by atoms with E-state index < -0.39 is 0 Å². The van der Waals surface area contributed by atoms with Crippen molar-refractivity contribution in [2.75, 3.05) is 26.7 Å². The number of halogens is 1. The molecular weight excluding hydrogens is 275 g/mol. The van der Waals surface area contributed by atoms with Crippen molar-refractivity contribution in [2.45, 2.75) is 47.2 Å². The number of hydrogen-bond acceptors (Lipinski definition) is 2. The average Bonchev–Trinajstić information content (AvgIpc) is 3.04. The van der Waals surface area contributed by atoms with Gasteiger partial charge in [-0.15, -0.1) is 0 Å². The molecule has 3 unspecified atom stereocenters. The number of benzene rings is 1. The van der Waals surface area contributed by atoms with E-state index in [2.05, 4.69) is 23.8 Å². The van der Waals surface area contributed by atoms with Crippen molar-refractivity contribution < 1.29 is 4.39 Å². The molecule has 3 atom stereocenters. The first kappa shape index (κ1) is 19.1. The molecular formula is C19H33FN2. The predicted molar refractivity (Wildman–Crippen MR) is 93.4 cm³/mol. The Labute approximate surface area is 136 Å². The fourth-order valence-electron chi connectivity index (χ4n) is 3.63. The minimum Gasteiger partial charge on any atom is -0.306 e. The van der Waals surface area contributed by atoms with Gasteiger partial charge in [-0.1, -0.05) is 39.8 Å². The summed E-state index contributed by atoms with van der Waals surface area (Å²) in [5, 5.41) is 0. The van der Waals surface area contributed by atoms with E-state index in [0.29, 0.717) is 6.04 Å². The number of hydrogen-bond donors (Lipinski definition) is 0. The van der Waals surface area contributed by atoms with Gasteiger partial charge in [0.2, 0.25) is 0 Å². The second kappa shape index (κ2) is 9.26. The largest absolute Gasteiger partial charge is 0.306 e. The van der Waals surface area contributed by atoms with Crippen LogP contribution in [0.3, 0.4) is 0 Å². The lowest BCUT2D eigenvalue weighted by atomic mass is 9.95. The second-order valence-electron chi connectivity index (χ2n) is 5.94. The Balaban J connectivity index is 0.000000561. The first-order valence-corrected chi connectivity index (χ1v) is 8.80. The van der Waals surface area contributed by atoms with Crippen molar-refractivity contribution in [3.63, 3.8) is 0 Å². The van der Waals surface area contributed by atoms with Gasteiger partial charge in [-0.3, -0.25) is 4.90 Å². The van der Waals surface area contributed by atoms with Crippen LogP contribution >= 0.6 is 0 Å². The molecule has 2 fully saturated rings. The highest BCUT2D eigenvalue weighted by molar-refractivity contribution is 5.16. The third-order valence-corrected chi connectivity index (χ3v) is 4.64. The van der Waals surface area contributed by atoms with Crippen molar-refractivity contribution in [2.24, 2.45) is 11.8 Å². The van der Waals surface area contributed by atoms with Gasteiger partial charge in [0.05, 0.1) is 0 Å². The van der Waals surface area contributed by atoms with Crippen molar-refractivity contribution in [3.05, 3.63) is 35.6 Å². The lowest BCUT2D eigenvalue weighted by molar-refractivity contribution is 0.210. The highest BCUT2D eigenvalue weighted by Crippen LogP contribution is 2.36. The third-order valence-electron chi connectivity index (χ3n) is 4.64. The second-order valence-corrected chi connectivity index (χ2v) is 5.94. The molecule has 0 radical (unpaired) electrons. The molecule has 2 saturated heterocycles. The first-order chi connectivity index (χ1) is 10.6. The molecule has 0 aromatic heterocycles. The smallest absolute Gasteiger partial charge is 0.123 e. The Morgan fingerprint density at radius 1 is 1.00 bits per heavy atom.